The molecular formula is C29H29N3O3. The van der Waals surface area contributed by atoms with E-state index in [1.54, 1.807) is 18.2 Å². The quantitative estimate of drug-likeness (QED) is 0.467. The Labute approximate surface area is 205 Å². The molecule has 1 N–H and O–H groups in total. The molecule has 2 aliphatic rings. The first-order valence-electron chi connectivity index (χ1n) is 12.2. The second-order valence-electron chi connectivity index (χ2n) is 8.68. The third kappa shape index (κ3) is 4.52. The van der Waals surface area contributed by atoms with Crippen LogP contribution in [-0.4, -0.2) is 31.5 Å². The SMILES string of the molecule is CCOc1ccccc1N1C(=O)C(Nc2ccc(N3CCCCC3)cc2)=C(c2ccccc2)C1=O. The van der Waals surface area contributed by atoms with Crippen molar-refractivity contribution in [3.05, 3.63) is 90.1 Å². The van der Waals surface area contributed by atoms with Crippen molar-refractivity contribution >= 4 is 34.4 Å². The Bertz CT molecular complexity index is 1250. The van der Waals surface area contributed by atoms with E-state index in [-0.39, 0.29) is 11.6 Å². The lowest BCUT2D eigenvalue weighted by Gasteiger charge is -2.28. The maximum absolute atomic E-state index is 13.7. The zero-order valence-electron chi connectivity index (χ0n) is 19.9. The van der Waals surface area contributed by atoms with Crippen molar-refractivity contribution in [2.45, 2.75) is 26.2 Å². The Morgan fingerprint density at radius 2 is 1.49 bits per heavy atom. The van der Waals surface area contributed by atoms with Crippen molar-refractivity contribution in [2.75, 3.05) is 34.8 Å². The molecule has 2 amide bonds. The van der Waals surface area contributed by atoms with Crippen LogP contribution in [0.15, 0.2) is 84.6 Å². The largest absolute Gasteiger partial charge is 0.492 e. The van der Waals surface area contributed by atoms with E-state index in [4.69, 9.17) is 4.74 Å². The van der Waals surface area contributed by atoms with Crippen molar-refractivity contribution in [2.24, 2.45) is 0 Å². The van der Waals surface area contributed by atoms with Gasteiger partial charge in [-0.1, -0.05) is 42.5 Å². The van der Waals surface area contributed by atoms with Crippen LogP contribution in [0.5, 0.6) is 5.75 Å². The van der Waals surface area contributed by atoms with Gasteiger partial charge in [0.25, 0.3) is 11.8 Å². The average molecular weight is 468 g/mol. The van der Waals surface area contributed by atoms with E-state index >= 15 is 0 Å². The molecule has 0 aromatic heterocycles. The maximum Gasteiger partial charge on any atom is 0.282 e. The van der Waals surface area contributed by atoms with Crippen molar-refractivity contribution in [1.82, 2.24) is 0 Å². The van der Waals surface area contributed by atoms with E-state index < -0.39 is 5.91 Å². The molecule has 6 nitrogen and oxygen atoms in total. The molecule has 1 fully saturated rings. The number of hydrogen-bond acceptors (Lipinski definition) is 5. The van der Waals surface area contributed by atoms with Gasteiger partial charge in [-0.3, -0.25) is 9.59 Å². The summed E-state index contributed by atoms with van der Waals surface area (Å²) in [4.78, 5) is 31.0. The molecule has 6 heteroatoms. The van der Waals surface area contributed by atoms with Gasteiger partial charge in [0.05, 0.1) is 17.9 Å². The molecule has 5 rings (SSSR count). The lowest BCUT2D eigenvalue weighted by atomic mass is 10.0. The fraction of sp³-hybridized carbons (Fsp3) is 0.241. The van der Waals surface area contributed by atoms with Gasteiger partial charge in [-0.2, -0.15) is 0 Å². The predicted octanol–water partition coefficient (Wildman–Crippen LogP) is 5.47. The Hall–Kier alpha value is -4.06. The Morgan fingerprint density at radius 1 is 0.800 bits per heavy atom. The number of nitrogens with one attached hydrogen (secondary N) is 1. The molecular weight excluding hydrogens is 438 g/mol. The van der Waals surface area contributed by atoms with Gasteiger partial charge < -0.3 is 15.0 Å². The summed E-state index contributed by atoms with van der Waals surface area (Å²) in [6.45, 7) is 4.44. The summed E-state index contributed by atoms with van der Waals surface area (Å²) in [5.41, 5.74) is 3.67. The normalized spacial score (nSPS) is 16.1. The highest BCUT2D eigenvalue weighted by atomic mass is 16.5. The second-order valence-corrected chi connectivity index (χ2v) is 8.68. The van der Waals surface area contributed by atoms with Gasteiger partial charge in [0.1, 0.15) is 11.4 Å². The number of carbonyl (C=O) groups is 2. The molecule has 0 unspecified atom stereocenters. The molecule has 2 heterocycles. The van der Waals surface area contributed by atoms with E-state index in [9.17, 15) is 9.59 Å². The van der Waals surface area contributed by atoms with Crippen LogP contribution in [0.3, 0.4) is 0 Å². The van der Waals surface area contributed by atoms with E-state index in [1.165, 1.54) is 29.8 Å². The first-order valence-corrected chi connectivity index (χ1v) is 12.2. The van der Waals surface area contributed by atoms with Crippen LogP contribution in [0.25, 0.3) is 5.57 Å². The summed E-state index contributed by atoms with van der Waals surface area (Å²) in [6, 6.07) is 24.5. The van der Waals surface area contributed by atoms with Crippen molar-refractivity contribution in [3.8, 4) is 5.75 Å². The van der Waals surface area contributed by atoms with E-state index in [0.717, 1.165) is 18.8 Å². The Balaban J connectivity index is 1.50. The van der Waals surface area contributed by atoms with Crippen LogP contribution in [-0.2, 0) is 9.59 Å². The number of amides is 2. The number of para-hydroxylation sites is 2. The first-order chi connectivity index (χ1) is 17.2. The van der Waals surface area contributed by atoms with Crippen molar-refractivity contribution < 1.29 is 14.3 Å². The van der Waals surface area contributed by atoms with Gasteiger partial charge >= 0.3 is 0 Å². The summed E-state index contributed by atoms with van der Waals surface area (Å²) in [6.07, 6.45) is 3.71. The van der Waals surface area contributed by atoms with Gasteiger partial charge in [-0.25, -0.2) is 4.90 Å². The van der Waals surface area contributed by atoms with E-state index in [2.05, 4.69) is 22.3 Å². The lowest BCUT2D eigenvalue weighted by Crippen LogP contribution is -2.32. The minimum absolute atomic E-state index is 0.262. The fourth-order valence-electron chi connectivity index (χ4n) is 4.71. The number of benzene rings is 3. The minimum atomic E-state index is -0.402. The van der Waals surface area contributed by atoms with Crippen LogP contribution in [0.4, 0.5) is 17.1 Å². The van der Waals surface area contributed by atoms with Gasteiger partial charge in [0.2, 0.25) is 0 Å². The number of hydrogen-bond donors (Lipinski definition) is 1. The Morgan fingerprint density at radius 3 is 2.20 bits per heavy atom. The van der Waals surface area contributed by atoms with Crippen LogP contribution in [0, 0.1) is 0 Å². The minimum Gasteiger partial charge on any atom is -0.492 e. The second kappa shape index (κ2) is 10.1. The monoisotopic (exact) mass is 467 g/mol. The van der Waals surface area contributed by atoms with Crippen molar-refractivity contribution in [3.63, 3.8) is 0 Å². The maximum atomic E-state index is 13.7. The highest BCUT2D eigenvalue weighted by Crippen LogP contribution is 2.38. The number of anilines is 3. The fourth-order valence-corrected chi connectivity index (χ4v) is 4.71. The molecule has 0 atom stereocenters. The van der Waals surface area contributed by atoms with E-state index in [1.807, 2.05) is 55.5 Å². The van der Waals surface area contributed by atoms with Gasteiger partial charge in [0, 0.05) is 24.5 Å². The first kappa shape index (κ1) is 22.7. The number of carbonyl (C=O) groups excluding carboxylic acids is 2. The molecule has 0 radical (unpaired) electrons. The smallest absolute Gasteiger partial charge is 0.282 e. The molecule has 0 saturated carbocycles. The van der Waals surface area contributed by atoms with Crippen LogP contribution in [0.1, 0.15) is 31.7 Å². The van der Waals surface area contributed by atoms with Crippen LogP contribution < -0.4 is 19.9 Å². The molecule has 35 heavy (non-hydrogen) atoms. The van der Waals surface area contributed by atoms with Gasteiger partial charge in [-0.15, -0.1) is 0 Å². The molecule has 2 aliphatic heterocycles. The molecule has 0 aliphatic carbocycles. The van der Waals surface area contributed by atoms with Crippen LogP contribution >= 0.6 is 0 Å². The zero-order valence-corrected chi connectivity index (χ0v) is 19.9. The molecule has 0 spiro atoms. The number of imide groups is 1. The third-order valence-corrected chi connectivity index (χ3v) is 6.41. The number of nitrogens with zero attached hydrogens (tertiary/aromatic N) is 2. The summed E-state index contributed by atoms with van der Waals surface area (Å²) in [5, 5.41) is 3.26. The van der Waals surface area contributed by atoms with E-state index in [0.29, 0.717) is 29.2 Å². The molecule has 3 aromatic carbocycles. The third-order valence-electron chi connectivity index (χ3n) is 6.41. The summed E-state index contributed by atoms with van der Waals surface area (Å²) in [7, 11) is 0. The number of piperidine rings is 1. The molecule has 178 valence electrons. The van der Waals surface area contributed by atoms with Crippen LogP contribution in [0.2, 0.25) is 0 Å². The highest BCUT2D eigenvalue weighted by molar-refractivity contribution is 6.46. The molecule has 3 aromatic rings. The van der Waals surface area contributed by atoms with Gasteiger partial charge in [-0.05, 0) is 68.1 Å². The number of ether oxygens (including phenoxy) is 1. The summed E-state index contributed by atoms with van der Waals surface area (Å²) < 4.78 is 5.72. The standard InChI is InChI=1S/C29H29N3O3/c1-2-35-25-14-8-7-13-24(25)32-28(33)26(21-11-5-3-6-12-21)27(29(32)34)30-22-15-17-23(18-16-22)31-19-9-4-10-20-31/h3,5-8,11-18,30H,2,4,9-10,19-20H2,1H3. The lowest BCUT2D eigenvalue weighted by molar-refractivity contribution is -0.120. The predicted molar refractivity (Wildman–Crippen MR) is 140 cm³/mol. The Kier molecular flexibility index (Phi) is 6.53. The highest BCUT2D eigenvalue weighted by Gasteiger charge is 2.41. The topological polar surface area (TPSA) is 61.9 Å². The van der Waals surface area contributed by atoms with Gasteiger partial charge in [0.15, 0.2) is 0 Å². The van der Waals surface area contributed by atoms with Crippen molar-refractivity contribution in [1.29, 1.82) is 0 Å². The summed E-state index contributed by atoms with van der Waals surface area (Å²) in [5.74, 6) is -0.279. The molecule has 1 saturated heterocycles. The summed E-state index contributed by atoms with van der Waals surface area (Å²) >= 11 is 0. The number of rotatable bonds is 7. The molecule has 0 bridgehead atoms. The average Bonchev–Trinajstić information content (AvgIpc) is 3.15. The zero-order chi connectivity index (χ0) is 24.2.